The molecule has 2 fully saturated rings. The number of carbonyl (C=O) groups is 1. The molecule has 0 bridgehead atoms. The number of carbonyl (C=O) groups excluding carboxylic acids is 1. The van der Waals surface area contributed by atoms with Gasteiger partial charge in [-0.3, -0.25) is 4.90 Å². The summed E-state index contributed by atoms with van der Waals surface area (Å²) in [6.07, 6.45) is 5.78. The van der Waals surface area contributed by atoms with Crippen molar-refractivity contribution in [3.05, 3.63) is 10.2 Å². The first-order valence-corrected chi connectivity index (χ1v) is 12.0. The van der Waals surface area contributed by atoms with Gasteiger partial charge >= 0.3 is 6.03 Å². The minimum absolute atomic E-state index is 0.0176. The third kappa shape index (κ3) is 6.73. The molecule has 1 aliphatic heterocycles. The average Bonchev–Trinajstić information content (AvgIpc) is 2.76. The SMILES string of the molecule is CCNc1nc(Cl)c(Cl)c(N2CCN(CCC3CCC(NC(=O)N(C)C)CC3)CC2)n1. The largest absolute Gasteiger partial charge is 0.354 e. The minimum atomic E-state index is 0.0176. The zero-order valence-corrected chi connectivity index (χ0v) is 20.3. The zero-order chi connectivity index (χ0) is 22.4. The Balaban J connectivity index is 1.41. The summed E-state index contributed by atoms with van der Waals surface area (Å²) >= 11 is 12.6. The third-order valence-electron chi connectivity index (χ3n) is 6.23. The molecule has 1 aromatic rings. The van der Waals surface area contributed by atoms with Crippen molar-refractivity contribution in [2.75, 3.05) is 63.6 Å². The van der Waals surface area contributed by atoms with Crippen LogP contribution in [-0.2, 0) is 0 Å². The van der Waals surface area contributed by atoms with E-state index in [9.17, 15) is 4.79 Å². The van der Waals surface area contributed by atoms with Crippen LogP contribution in [0.2, 0.25) is 10.2 Å². The van der Waals surface area contributed by atoms with Gasteiger partial charge in [0.05, 0.1) is 0 Å². The van der Waals surface area contributed by atoms with E-state index >= 15 is 0 Å². The average molecular weight is 472 g/mol. The molecule has 10 heteroatoms. The molecule has 2 aliphatic rings. The van der Waals surface area contributed by atoms with Crippen molar-refractivity contribution in [1.29, 1.82) is 0 Å². The smallest absolute Gasteiger partial charge is 0.317 e. The molecule has 1 saturated heterocycles. The number of urea groups is 1. The highest BCUT2D eigenvalue weighted by Gasteiger charge is 2.25. The number of hydrogen-bond donors (Lipinski definition) is 2. The highest BCUT2D eigenvalue weighted by molar-refractivity contribution is 6.42. The number of nitrogens with one attached hydrogen (secondary N) is 2. The molecular formula is C21H35Cl2N7O. The lowest BCUT2D eigenvalue weighted by molar-refractivity contribution is 0.194. The highest BCUT2D eigenvalue weighted by atomic mass is 35.5. The van der Waals surface area contributed by atoms with Crippen LogP contribution in [0.5, 0.6) is 0 Å². The van der Waals surface area contributed by atoms with Crippen LogP contribution in [0, 0.1) is 5.92 Å². The Morgan fingerprint density at radius 1 is 1.10 bits per heavy atom. The lowest BCUT2D eigenvalue weighted by Gasteiger charge is -2.37. The van der Waals surface area contributed by atoms with E-state index in [1.165, 1.54) is 19.3 Å². The van der Waals surface area contributed by atoms with Crippen LogP contribution in [-0.4, -0.2) is 85.2 Å². The first-order chi connectivity index (χ1) is 14.9. The maximum atomic E-state index is 11.8. The van der Waals surface area contributed by atoms with Gasteiger partial charge in [0.1, 0.15) is 5.02 Å². The normalized spacial score (nSPS) is 22.3. The monoisotopic (exact) mass is 471 g/mol. The van der Waals surface area contributed by atoms with Crippen LogP contribution < -0.4 is 15.5 Å². The van der Waals surface area contributed by atoms with E-state index in [1.54, 1.807) is 19.0 Å². The van der Waals surface area contributed by atoms with Gasteiger partial charge in [-0.15, -0.1) is 0 Å². The molecule has 0 atom stereocenters. The molecule has 8 nitrogen and oxygen atoms in total. The van der Waals surface area contributed by atoms with Crippen LogP contribution in [0.25, 0.3) is 0 Å². The van der Waals surface area contributed by atoms with E-state index in [1.807, 2.05) is 6.92 Å². The molecule has 1 aliphatic carbocycles. The minimum Gasteiger partial charge on any atom is -0.354 e. The fourth-order valence-electron chi connectivity index (χ4n) is 4.30. The number of nitrogens with zero attached hydrogens (tertiary/aromatic N) is 5. The van der Waals surface area contributed by atoms with Crippen LogP contribution in [0.4, 0.5) is 16.6 Å². The molecule has 0 unspecified atom stereocenters. The first kappa shape index (κ1) is 24.1. The Labute approximate surface area is 195 Å². The quantitative estimate of drug-likeness (QED) is 0.591. The summed E-state index contributed by atoms with van der Waals surface area (Å²) in [6, 6.07) is 0.343. The number of anilines is 2. The molecule has 174 valence electrons. The van der Waals surface area contributed by atoms with Gasteiger partial charge in [-0.1, -0.05) is 23.2 Å². The Morgan fingerprint density at radius 3 is 2.39 bits per heavy atom. The summed E-state index contributed by atoms with van der Waals surface area (Å²) in [5, 5.41) is 6.95. The maximum absolute atomic E-state index is 11.8. The molecule has 2 N–H and O–H groups in total. The Bertz CT molecular complexity index is 733. The molecule has 0 aromatic carbocycles. The van der Waals surface area contributed by atoms with Gasteiger partial charge in [-0.05, 0) is 51.5 Å². The summed E-state index contributed by atoms with van der Waals surface area (Å²) < 4.78 is 0. The van der Waals surface area contributed by atoms with Crippen molar-refractivity contribution < 1.29 is 4.79 Å². The second kappa shape index (κ2) is 11.4. The lowest BCUT2D eigenvalue weighted by atomic mass is 9.84. The van der Waals surface area contributed by atoms with Crippen molar-refractivity contribution >= 4 is 41.0 Å². The maximum Gasteiger partial charge on any atom is 0.317 e. The van der Waals surface area contributed by atoms with E-state index in [0.717, 1.165) is 63.8 Å². The highest BCUT2D eigenvalue weighted by Crippen LogP contribution is 2.32. The van der Waals surface area contributed by atoms with E-state index in [2.05, 4.69) is 30.4 Å². The number of rotatable bonds is 7. The standard InChI is InChI=1S/C21H35Cl2N7O/c1-4-24-20-26-18(23)17(22)19(27-20)30-13-11-29(12-14-30)10-9-15-5-7-16(8-6-15)25-21(31)28(2)3/h15-16H,4-14H2,1-3H3,(H,25,31)(H,24,26,27). The van der Waals surface area contributed by atoms with Crippen LogP contribution in [0.15, 0.2) is 0 Å². The molecule has 3 rings (SSSR count). The van der Waals surface area contributed by atoms with Crippen molar-refractivity contribution in [3.63, 3.8) is 0 Å². The summed E-state index contributed by atoms with van der Waals surface area (Å²) in [7, 11) is 3.57. The molecule has 1 saturated carbocycles. The van der Waals surface area contributed by atoms with Crippen LogP contribution >= 0.6 is 23.2 Å². The van der Waals surface area contributed by atoms with Gasteiger partial charge in [0.25, 0.3) is 0 Å². The van der Waals surface area contributed by atoms with E-state index < -0.39 is 0 Å². The number of amides is 2. The second-order valence-electron chi connectivity index (χ2n) is 8.68. The molecule has 2 heterocycles. The van der Waals surface area contributed by atoms with Gasteiger partial charge < -0.3 is 20.4 Å². The number of piperazine rings is 1. The van der Waals surface area contributed by atoms with E-state index in [4.69, 9.17) is 23.2 Å². The van der Waals surface area contributed by atoms with Crippen molar-refractivity contribution in [2.45, 2.75) is 45.1 Å². The predicted octanol–water partition coefficient (Wildman–Crippen LogP) is 3.56. The third-order valence-corrected chi connectivity index (χ3v) is 6.95. The number of halogens is 2. The van der Waals surface area contributed by atoms with Crippen molar-refractivity contribution in [1.82, 2.24) is 25.1 Å². The van der Waals surface area contributed by atoms with Gasteiger partial charge in [-0.2, -0.15) is 9.97 Å². The molecule has 1 aromatic heterocycles. The summed E-state index contributed by atoms with van der Waals surface area (Å²) in [5.74, 6) is 1.99. The van der Waals surface area contributed by atoms with Crippen molar-refractivity contribution in [2.24, 2.45) is 5.92 Å². The first-order valence-electron chi connectivity index (χ1n) is 11.3. The van der Waals surface area contributed by atoms with E-state index in [-0.39, 0.29) is 6.03 Å². The summed E-state index contributed by atoms with van der Waals surface area (Å²) in [5.41, 5.74) is 0. The van der Waals surface area contributed by atoms with Crippen LogP contribution in [0.3, 0.4) is 0 Å². The topological polar surface area (TPSA) is 76.6 Å². The fraction of sp³-hybridized carbons (Fsp3) is 0.762. The molecular weight excluding hydrogens is 437 g/mol. The zero-order valence-electron chi connectivity index (χ0n) is 18.8. The number of hydrogen-bond acceptors (Lipinski definition) is 6. The van der Waals surface area contributed by atoms with Gasteiger partial charge in [-0.25, -0.2) is 4.79 Å². The Hall–Kier alpha value is -1.51. The Morgan fingerprint density at radius 2 is 1.77 bits per heavy atom. The predicted molar refractivity (Wildman–Crippen MR) is 127 cm³/mol. The van der Waals surface area contributed by atoms with Crippen molar-refractivity contribution in [3.8, 4) is 0 Å². The molecule has 0 radical (unpaired) electrons. The Kier molecular flexibility index (Phi) is 8.86. The van der Waals surface area contributed by atoms with E-state index in [0.29, 0.717) is 22.2 Å². The van der Waals surface area contributed by atoms with Crippen LogP contribution in [0.1, 0.15) is 39.0 Å². The number of aromatic nitrogens is 2. The van der Waals surface area contributed by atoms with Gasteiger partial charge in [0.2, 0.25) is 5.95 Å². The van der Waals surface area contributed by atoms with Gasteiger partial charge in [0, 0.05) is 52.9 Å². The van der Waals surface area contributed by atoms with Gasteiger partial charge in [0.15, 0.2) is 11.0 Å². The summed E-state index contributed by atoms with van der Waals surface area (Å²) in [4.78, 5) is 26.9. The summed E-state index contributed by atoms with van der Waals surface area (Å²) in [6.45, 7) is 7.58. The lowest BCUT2D eigenvalue weighted by Crippen LogP contribution is -2.47. The molecule has 31 heavy (non-hydrogen) atoms. The fourth-order valence-corrected chi connectivity index (χ4v) is 4.67. The molecule has 2 amide bonds. The molecule has 0 spiro atoms. The second-order valence-corrected chi connectivity index (χ2v) is 9.42.